The highest BCUT2D eigenvalue weighted by molar-refractivity contribution is 5.12. The Morgan fingerprint density at radius 3 is 2.67 bits per heavy atom. The Labute approximate surface area is 90.6 Å². The molecule has 1 N–H and O–H groups in total. The molecular weight excluding hydrogens is 188 g/mol. The summed E-state index contributed by atoms with van der Waals surface area (Å²) in [4.78, 5) is 8.69. The van der Waals surface area contributed by atoms with Gasteiger partial charge in [-0.25, -0.2) is 9.97 Å². The van der Waals surface area contributed by atoms with Gasteiger partial charge in [0, 0.05) is 17.8 Å². The summed E-state index contributed by atoms with van der Waals surface area (Å²) in [6, 6.07) is 2.01. The Morgan fingerprint density at radius 2 is 2.07 bits per heavy atom. The van der Waals surface area contributed by atoms with Crippen molar-refractivity contribution in [3.05, 3.63) is 23.3 Å². The van der Waals surface area contributed by atoms with Crippen molar-refractivity contribution in [2.75, 3.05) is 0 Å². The van der Waals surface area contributed by atoms with Gasteiger partial charge in [0.1, 0.15) is 5.82 Å². The highest BCUT2D eigenvalue weighted by Crippen LogP contribution is 2.33. The molecule has 15 heavy (non-hydrogen) atoms. The van der Waals surface area contributed by atoms with Crippen molar-refractivity contribution in [1.82, 2.24) is 9.97 Å². The lowest BCUT2D eigenvalue weighted by Gasteiger charge is -2.09. The van der Waals surface area contributed by atoms with Gasteiger partial charge in [0.25, 0.3) is 0 Å². The van der Waals surface area contributed by atoms with Crippen LogP contribution in [0.2, 0.25) is 0 Å². The highest BCUT2D eigenvalue weighted by atomic mass is 16.3. The first-order valence-electron chi connectivity index (χ1n) is 5.70. The summed E-state index contributed by atoms with van der Waals surface area (Å²) in [5, 5.41) is 9.84. The molecule has 0 radical (unpaired) electrons. The molecule has 1 heterocycles. The van der Waals surface area contributed by atoms with E-state index in [1.165, 1.54) is 12.8 Å². The predicted molar refractivity (Wildman–Crippen MR) is 58.6 cm³/mol. The maximum absolute atomic E-state index is 9.84. The molecule has 0 aliphatic heterocycles. The van der Waals surface area contributed by atoms with Gasteiger partial charge in [-0.2, -0.15) is 0 Å². The van der Waals surface area contributed by atoms with Gasteiger partial charge in [-0.1, -0.05) is 6.92 Å². The lowest BCUT2D eigenvalue weighted by molar-refractivity contribution is 0.150. The number of hydrogen-bond donors (Lipinski definition) is 1. The Kier molecular flexibility index (Phi) is 3.00. The van der Waals surface area contributed by atoms with Gasteiger partial charge < -0.3 is 5.11 Å². The standard InChI is InChI=1S/C12H18N2O/c1-3-10-6-11(14-8(2)13-10)7-12(15)9-4-5-9/h6,9,12,15H,3-5,7H2,1-2H3. The molecule has 1 unspecified atom stereocenters. The first kappa shape index (κ1) is 10.6. The zero-order valence-electron chi connectivity index (χ0n) is 9.40. The number of rotatable bonds is 4. The van der Waals surface area contributed by atoms with E-state index in [9.17, 15) is 5.11 Å². The fourth-order valence-electron chi connectivity index (χ4n) is 1.85. The van der Waals surface area contributed by atoms with Crippen molar-refractivity contribution >= 4 is 0 Å². The lowest BCUT2D eigenvalue weighted by atomic mass is 10.1. The van der Waals surface area contributed by atoms with E-state index < -0.39 is 0 Å². The smallest absolute Gasteiger partial charge is 0.125 e. The van der Waals surface area contributed by atoms with Crippen molar-refractivity contribution in [1.29, 1.82) is 0 Å². The Hall–Kier alpha value is -0.960. The molecular formula is C12H18N2O. The van der Waals surface area contributed by atoms with Crippen LogP contribution in [0.15, 0.2) is 6.07 Å². The second-order valence-electron chi connectivity index (χ2n) is 4.36. The molecule has 1 fully saturated rings. The largest absolute Gasteiger partial charge is 0.392 e. The maximum atomic E-state index is 9.84. The summed E-state index contributed by atoms with van der Waals surface area (Å²) < 4.78 is 0. The SMILES string of the molecule is CCc1cc(CC(O)C2CC2)nc(C)n1. The number of aromatic nitrogens is 2. The van der Waals surface area contributed by atoms with Crippen LogP contribution >= 0.6 is 0 Å². The molecule has 0 spiro atoms. The molecule has 1 atom stereocenters. The fraction of sp³-hybridized carbons (Fsp3) is 0.667. The van der Waals surface area contributed by atoms with Crippen LogP contribution in [-0.2, 0) is 12.8 Å². The van der Waals surface area contributed by atoms with Crippen LogP contribution in [0.1, 0.15) is 37.0 Å². The molecule has 0 amide bonds. The fourth-order valence-corrected chi connectivity index (χ4v) is 1.85. The van der Waals surface area contributed by atoms with E-state index in [0.717, 1.165) is 23.6 Å². The quantitative estimate of drug-likeness (QED) is 0.815. The van der Waals surface area contributed by atoms with Crippen LogP contribution < -0.4 is 0 Å². The lowest BCUT2D eigenvalue weighted by Crippen LogP contribution is -2.14. The zero-order valence-corrected chi connectivity index (χ0v) is 9.40. The summed E-state index contributed by atoms with van der Waals surface area (Å²) in [5.74, 6) is 1.33. The van der Waals surface area contributed by atoms with Crippen LogP contribution in [0, 0.1) is 12.8 Å². The molecule has 1 aromatic rings. The molecule has 1 aliphatic carbocycles. The average Bonchev–Trinajstić information content (AvgIpc) is 2.99. The molecule has 1 aromatic heterocycles. The van der Waals surface area contributed by atoms with E-state index in [1.807, 2.05) is 13.0 Å². The van der Waals surface area contributed by atoms with E-state index in [-0.39, 0.29) is 6.10 Å². The summed E-state index contributed by atoms with van der Waals surface area (Å²) in [6.45, 7) is 4.00. The highest BCUT2D eigenvalue weighted by Gasteiger charge is 2.29. The molecule has 1 aliphatic rings. The Bertz CT molecular complexity index is 347. The zero-order chi connectivity index (χ0) is 10.8. The van der Waals surface area contributed by atoms with Crippen molar-refractivity contribution in [2.45, 2.75) is 45.6 Å². The van der Waals surface area contributed by atoms with Gasteiger partial charge in [0.2, 0.25) is 0 Å². The number of aliphatic hydroxyl groups excluding tert-OH is 1. The van der Waals surface area contributed by atoms with E-state index >= 15 is 0 Å². The molecule has 1 saturated carbocycles. The average molecular weight is 206 g/mol. The number of aliphatic hydroxyl groups is 1. The Balaban J connectivity index is 2.08. The van der Waals surface area contributed by atoms with Crippen LogP contribution in [-0.4, -0.2) is 21.2 Å². The Morgan fingerprint density at radius 1 is 1.40 bits per heavy atom. The summed E-state index contributed by atoms with van der Waals surface area (Å²) in [7, 11) is 0. The first-order valence-corrected chi connectivity index (χ1v) is 5.70. The molecule has 3 nitrogen and oxygen atoms in total. The van der Waals surface area contributed by atoms with E-state index in [0.29, 0.717) is 12.3 Å². The predicted octanol–water partition coefficient (Wildman–Crippen LogP) is 1.66. The van der Waals surface area contributed by atoms with Gasteiger partial charge >= 0.3 is 0 Å². The first-order chi connectivity index (χ1) is 7.19. The van der Waals surface area contributed by atoms with Gasteiger partial charge in [-0.3, -0.25) is 0 Å². The van der Waals surface area contributed by atoms with Crippen LogP contribution in [0.4, 0.5) is 0 Å². The molecule has 0 saturated heterocycles. The van der Waals surface area contributed by atoms with Crippen LogP contribution in [0.25, 0.3) is 0 Å². The van der Waals surface area contributed by atoms with Crippen molar-refractivity contribution in [3.8, 4) is 0 Å². The molecule has 0 aromatic carbocycles. The van der Waals surface area contributed by atoms with Gasteiger partial charge in [0.15, 0.2) is 0 Å². The maximum Gasteiger partial charge on any atom is 0.125 e. The van der Waals surface area contributed by atoms with E-state index in [2.05, 4.69) is 16.9 Å². The number of hydrogen-bond acceptors (Lipinski definition) is 3. The molecule has 0 bridgehead atoms. The minimum Gasteiger partial charge on any atom is -0.392 e. The van der Waals surface area contributed by atoms with Gasteiger partial charge in [-0.05, 0) is 38.2 Å². The number of aryl methyl sites for hydroxylation is 2. The van der Waals surface area contributed by atoms with E-state index in [1.54, 1.807) is 0 Å². The van der Waals surface area contributed by atoms with Gasteiger partial charge in [0.05, 0.1) is 6.10 Å². The normalized spacial score (nSPS) is 17.8. The monoisotopic (exact) mass is 206 g/mol. The van der Waals surface area contributed by atoms with Gasteiger partial charge in [-0.15, -0.1) is 0 Å². The second-order valence-corrected chi connectivity index (χ2v) is 4.36. The number of nitrogens with zero attached hydrogens (tertiary/aromatic N) is 2. The molecule has 2 rings (SSSR count). The minimum absolute atomic E-state index is 0.205. The van der Waals surface area contributed by atoms with Crippen molar-refractivity contribution in [2.24, 2.45) is 5.92 Å². The topological polar surface area (TPSA) is 46.0 Å². The summed E-state index contributed by atoms with van der Waals surface area (Å²) in [5.41, 5.74) is 2.05. The van der Waals surface area contributed by atoms with E-state index in [4.69, 9.17) is 0 Å². The second kappa shape index (κ2) is 4.27. The summed E-state index contributed by atoms with van der Waals surface area (Å²) >= 11 is 0. The third-order valence-electron chi connectivity index (χ3n) is 2.89. The third kappa shape index (κ3) is 2.75. The van der Waals surface area contributed by atoms with Crippen LogP contribution in [0.3, 0.4) is 0 Å². The minimum atomic E-state index is -0.205. The third-order valence-corrected chi connectivity index (χ3v) is 2.89. The molecule has 3 heteroatoms. The van der Waals surface area contributed by atoms with Crippen molar-refractivity contribution < 1.29 is 5.11 Å². The van der Waals surface area contributed by atoms with Crippen LogP contribution in [0.5, 0.6) is 0 Å². The summed E-state index contributed by atoms with van der Waals surface area (Å²) in [6.07, 6.45) is 3.75. The van der Waals surface area contributed by atoms with Crippen molar-refractivity contribution in [3.63, 3.8) is 0 Å². The molecule has 82 valence electrons.